The highest BCUT2D eigenvalue weighted by Crippen LogP contribution is 2.41. The first-order chi connectivity index (χ1) is 17.9. The van der Waals surface area contributed by atoms with Gasteiger partial charge in [0.1, 0.15) is 17.1 Å². The third-order valence-corrected chi connectivity index (χ3v) is 7.40. The third-order valence-electron chi connectivity index (χ3n) is 5.85. The first-order valence-electron chi connectivity index (χ1n) is 11.1. The minimum Gasteiger partial charge on any atom is -0.448 e. The lowest BCUT2D eigenvalue weighted by Gasteiger charge is -2.49. The van der Waals surface area contributed by atoms with Crippen molar-refractivity contribution in [3.8, 4) is 0 Å². The Morgan fingerprint density at radius 3 is 2.27 bits per heavy atom. The van der Waals surface area contributed by atoms with Crippen molar-refractivity contribution >= 4 is 52.6 Å². The topological polar surface area (TPSA) is 125 Å². The van der Waals surface area contributed by atoms with Crippen LogP contribution in [-0.2, 0) is 23.9 Å². The van der Waals surface area contributed by atoms with Crippen LogP contribution in [-0.4, -0.2) is 62.4 Å². The van der Waals surface area contributed by atoms with E-state index in [2.05, 4.69) is 17.1 Å². The molecule has 0 aromatic heterocycles. The van der Waals surface area contributed by atoms with Crippen LogP contribution in [0.4, 0.5) is 0 Å². The number of halogens is 1. The maximum absolute atomic E-state index is 13.5. The van der Waals surface area contributed by atoms with Gasteiger partial charge in [-0.2, -0.15) is 0 Å². The van der Waals surface area contributed by atoms with Gasteiger partial charge in [-0.1, -0.05) is 78.5 Å². The summed E-state index contributed by atoms with van der Waals surface area (Å²) < 4.78 is 5.97. The van der Waals surface area contributed by atoms with Crippen molar-refractivity contribution in [3.63, 3.8) is 0 Å². The Kier molecular flexibility index (Phi) is 8.10. The van der Waals surface area contributed by atoms with Crippen molar-refractivity contribution in [1.82, 2.24) is 10.2 Å². The van der Waals surface area contributed by atoms with Crippen LogP contribution in [0.2, 0.25) is 0 Å². The molecule has 1 unspecified atom stereocenters. The van der Waals surface area contributed by atoms with E-state index in [-0.39, 0.29) is 5.70 Å². The average molecular weight is 540 g/mol. The Bertz CT molecular complexity index is 1260. The summed E-state index contributed by atoms with van der Waals surface area (Å²) in [5.41, 5.74) is 1.25. The summed E-state index contributed by atoms with van der Waals surface area (Å²) in [4.78, 5) is 52.0. The molecule has 0 aliphatic carbocycles. The number of hydrogen-bond acceptors (Lipinski definition) is 8. The number of amides is 2. The van der Waals surface area contributed by atoms with Crippen molar-refractivity contribution in [2.75, 3.05) is 11.6 Å². The SMILES string of the molecule is C=CC1=C(C(=O)OC(c2ccccc2)c2ccccc2)N2C(=O)C(NC(=O)C(=NO)C(=O)CCl)[C@@H]2SC1. The minimum atomic E-state index is -1.05. The molecule has 2 aromatic carbocycles. The normalized spacial score (nSPS) is 19.1. The van der Waals surface area contributed by atoms with E-state index in [4.69, 9.17) is 21.5 Å². The summed E-state index contributed by atoms with van der Waals surface area (Å²) in [6.45, 7) is 3.77. The number of benzene rings is 2. The Morgan fingerprint density at radius 2 is 1.76 bits per heavy atom. The number of ketones is 1. The van der Waals surface area contributed by atoms with Gasteiger partial charge in [0.25, 0.3) is 11.8 Å². The lowest BCUT2D eigenvalue weighted by molar-refractivity contribution is -0.154. The maximum atomic E-state index is 13.5. The van der Waals surface area contributed by atoms with E-state index < -0.39 is 52.7 Å². The van der Waals surface area contributed by atoms with Crippen LogP contribution < -0.4 is 5.32 Å². The molecule has 37 heavy (non-hydrogen) atoms. The number of hydrogen-bond donors (Lipinski definition) is 2. The zero-order valence-electron chi connectivity index (χ0n) is 19.4. The Hall–Kier alpha value is -3.89. The van der Waals surface area contributed by atoms with Gasteiger partial charge in [0, 0.05) is 5.75 Å². The second-order valence-corrected chi connectivity index (χ2v) is 9.42. The number of nitrogens with one attached hydrogen (secondary N) is 1. The van der Waals surface area contributed by atoms with Crippen LogP contribution in [0, 0.1) is 0 Å². The van der Waals surface area contributed by atoms with E-state index in [0.717, 1.165) is 11.1 Å². The molecule has 0 saturated carbocycles. The molecule has 2 aliphatic heterocycles. The van der Waals surface area contributed by atoms with E-state index in [1.54, 1.807) is 0 Å². The number of β-lactam (4-membered cyclic amide) rings is 1. The number of rotatable bonds is 9. The van der Waals surface area contributed by atoms with E-state index in [9.17, 15) is 19.2 Å². The number of alkyl halides is 1. The smallest absolute Gasteiger partial charge is 0.356 e. The third kappa shape index (κ3) is 5.16. The predicted molar refractivity (Wildman–Crippen MR) is 138 cm³/mol. The number of carbonyl (C=O) groups excluding carboxylic acids is 4. The van der Waals surface area contributed by atoms with E-state index in [1.807, 2.05) is 60.7 Å². The largest absolute Gasteiger partial charge is 0.448 e. The quantitative estimate of drug-likeness (QED) is 0.0954. The zero-order chi connectivity index (χ0) is 26.5. The molecule has 1 saturated heterocycles. The fourth-order valence-corrected chi connectivity index (χ4v) is 5.50. The fourth-order valence-electron chi connectivity index (χ4n) is 4.04. The number of nitrogens with zero attached hydrogens (tertiary/aromatic N) is 2. The monoisotopic (exact) mass is 539 g/mol. The van der Waals surface area contributed by atoms with Crippen LogP contribution in [0.1, 0.15) is 17.2 Å². The number of esters is 1. The molecule has 2 atom stereocenters. The van der Waals surface area contributed by atoms with Crippen LogP contribution >= 0.6 is 23.4 Å². The lowest BCUT2D eigenvalue weighted by atomic mass is 10.0. The zero-order valence-corrected chi connectivity index (χ0v) is 20.9. The Labute approximate surface area is 221 Å². The Morgan fingerprint density at radius 1 is 1.16 bits per heavy atom. The molecule has 9 nitrogen and oxygen atoms in total. The molecule has 2 N–H and O–H groups in total. The molecule has 11 heteroatoms. The second-order valence-electron chi connectivity index (χ2n) is 8.05. The van der Waals surface area contributed by atoms with E-state index in [1.165, 1.54) is 22.7 Å². The number of oxime groups is 1. The van der Waals surface area contributed by atoms with Gasteiger partial charge in [-0.3, -0.25) is 19.3 Å². The molecule has 4 rings (SSSR count). The molecule has 1 fully saturated rings. The summed E-state index contributed by atoms with van der Waals surface area (Å²) in [6, 6.07) is 17.4. The molecule has 2 aromatic rings. The highest BCUT2D eigenvalue weighted by molar-refractivity contribution is 8.00. The number of fused-ring (bicyclic) bond motifs is 1. The van der Waals surface area contributed by atoms with Crippen LogP contribution in [0.5, 0.6) is 0 Å². The van der Waals surface area contributed by atoms with Crippen LogP contribution in [0.15, 0.2) is 89.7 Å². The highest BCUT2D eigenvalue weighted by Gasteiger charge is 2.54. The summed E-state index contributed by atoms with van der Waals surface area (Å²) in [6.07, 6.45) is 0.771. The van der Waals surface area contributed by atoms with E-state index in [0.29, 0.717) is 11.3 Å². The van der Waals surface area contributed by atoms with Gasteiger partial charge in [0.05, 0.1) is 5.88 Å². The predicted octanol–water partition coefficient (Wildman–Crippen LogP) is 2.80. The molecule has 190 valence electrons. The number of carbonyl (C=O) groups is 4. The van der Waals surface area contributed by atoms with Gasteiger partial charge in [-0.25, -0.2) is 4.79 Å². The molecule has 2 amide bonds. The molecule has 0 bridgehead atoms. The highest BCUT2D eigenvalue weighted by atomic mass is 35.5. The van der Waals surface area contributed by atoms with Crippen molar-refractivity contribution in [2.24, 2.45) is 5.16 Å². The summed E-state index contributed by atoms with van der Waals surface area (Å²) >= 11 is 6.75. The summed E-state index contributed by atoms with van der Waals surface area (Å²) in [5, 5.41) is 13.5. The van der Waals surface area contributed by atoms with Gasteiger partial charge >= 0.3 is 5.97 Å². The molecular formula is C26H22ClN3O6S. The molecule has 2 aliphatic rings. The minimum absolute atomic E-state index is 0.0407. The number of thioether (sulfide) groups is 1. The Balaban J connectivity index is 1.58. The van der Waals surface area contributed by atoms with Gasteiger partial charge in [-0.05, 0) is 16.7 Å². The summed E-state index contributed by atoms with van der Waals surface area (Å²) in [7, 11) is 0. The lowest BCUT2D eigenvalue weighted by Crippen LogP contribution is -2.71. The van der Waals surface area contributed by atoms with Crippen LogP contribution in [0.25, 0.3) is 0 Å². The van der Waals surface area contributed by atoms with Gasteiger partial charge < -0.3 is 15.3 Å². The number of allylic oxidation sites excluding steroid dienone is 1. The van der Waals surface area contributed by atoms with Crippen molar-refractivity contribution in [1.29, 1.82) is 0 Å². The molecule has 2 heterocycles. The number of Topliss-reactive ketones (excluding diaryl/α,β-unsaturated/α-hetero) is 1. The second kappa shape index (κ2) is 11.4. The number of ether oxygens (including phenoxy) is 1. The summed E-state index contributed by atoms with van der Waals surface area (Å²) in [5.74, 6) is -3.47. The maximum Gasteiger partial charge on any atom is 0.356 e. The van der Waals surface area contributed by atoms with Crippen molar-refractivity contribution in [2.45, 2.75) is 17.5 Å². The van der Waals surface area contributed by atoms with Gasteiger partial charge in [-0.15, -0.1) is 23.4 Å². The first kappa shape index (κ1) is 26.2. The standard InChI is InChI=1S/C26H22ClN3O6S/c1-2-15-14-37-25-20(28-23(32)19(29-35)18(31)13-27)24(33)30(25)21(15)26(34)36-22(16-9-5-3-6-10-16)17-11-7-4-8-12-17/h2-12,20,22,25,35H,1,13-14H2,(H,28,32)/t20?,25-/m0/s1. The van der Waals surface area contributed by atoms with Crippen molar-refractivity contribution < 1.29 is 29.1 Å². The van der Waals surface area contributed by atoms with Crippen molar-refractivity contribution in [3.05, 3.63) is 95.7 Å². The fraction of sp³-hybridized carbons (Fsp3) is 0.192. The molecular weight excluding hydrogens is 518 g/mol. The van der Waals surface area contributed by atoms with Gasteiger partial charge in [0.2, 0.25) is 11.5 Å². The van der Waals surface area contributed by atoms with Crippen LogP contribution in [0.3, 0.4) is 0 Å². The van der Waals surface area contributed by atoms with E-state index >= 15 is 0 Å². The van der Waals surface area contributed by atoms with Gasteiger partial charge in [0.15, 0.2) is 6.10 Å². The average Bonchev–Trinajstić information content (AvgIpc) is 2.94. The molecule has 0 spiro atoms. The first-order valence-corrected chi connectivity index (χ1v) is 12.7. The molecule has 0 radical (unpaired) electrons.